The van der Waals surface area contributed by atoms with Crippen molar-refractivity contribution in [3.8, 4) is 11.5 Å². The van der Waals surface area contributed by atoms with E-state index in [1.54, 1.807) is 0 Å². The molecule has 0 saturated carbocycles. The van der Waals surface area contributed by atoms with Gasteiger partial charge in [-0.15, -0.1) is 0 Å². The Kier molecular flexibility index (Phi) is 4.65. The summed E-state index contributed by atoms with van der Waals surface area (Å²) in [5, 5.41) is 20.9. The van der Waals surface area contributed by atoms with Gasteiger partial charge in [-0.1, -0.05) is 25.8 Å². The molecule has 0 bridgehead atoms. The molecule has 0 aromatic heterocycles. The summed E-state index contributed by atoms with van der Waals surface area (Å²) in [6.45, 7) is 8.35. The summed E-state index contributed by atoms with van der Waals surface area (Å²) >= 11 is 0. The van der Waals surface area contributed by atoms with Crippen LogP contribution < -0.4 is 4.74 Å². The monoisotopic (exact) mass is 330 g/mol. The highest BCUT2D eigenvalue weighted by molar-refractivity contribution is 5.54. The Morgan fingerprint density at radius 2 is 2.00 bits per heavy atom. The van der Waals surface area contributed by atoms with E-state index in [1.807, 2.05) is 13.0 Å². The minimum absolute atomic E-state index is 0.108. The van der Waals surface area contributed by atoms with E-state index < -0.39 is 6.10 Å². The molecule has 1 aliphatic carbocycles. The third kappa shape index (κ3) is 3.06. The van der Waals surface area contributed by atoms with Crippen LogP contribution in [0.15, 0.2) is 23.8 Å². The first kappa shape index (κ1) is 17.3. The number of allylic oxidation sites excluding steroid dienone is 1. The van der Waals surface area contributed by atoms with E-state index in [1.165, 1.54) is 12.8 Å². The lowest BCUT2D eigenvalue weighted by Crippen LogP contribution is -2.47. The van der Waals surface area contributed by atoms with Gasteiger partial charge in [0.1, 0.15) is 17.1 Å². The number of hydrogen-bond donors (Lipinski definition) is 2. The SMILES string of the molecule is CCCCCc1cc(O)c2c(c1)OC(C)(C)[C@H]1C[C@H](O)C(C)=C[C@H]21. The van der Waals surface area contributed by atoms with Gasteiger partial charge in [-0.25, -0.2) is 0 Å². The lowest BCUT2D eigenvalue weighted by molar-refractivity contribution is -0.00919. The van der Waals surface area contributed by atoms with Crippen molar-refractivity contribution in [2.75, 3.05) is 0 Å². The maximum absolute atomic E-state index is 10.7. The number of aromatic hydroxyl groups is 1. The first-order valence-corrected chi connectivity index (χ1v) is 9.24. The van der Waals surface area contributed by atoms with Crippen molar-refractivity contribution >= 4 is 0 Å². The van der Waals surface area contributed by atoms with E-state index in [9.17, 15) is 10.2 Å². The van der Waals surface area contributed by atoms with Crippen molar-refractivity contribution in [3.05, 3.63) is 34.9 Å². The van der Waals surface area contributed by atoms with Crippen molar-refractivity contribution in [2.45, 2.75) is 77.4 Å². The second-order valence-electron chi connectivity index (χ2n) is 7.98. The fraction of sp³-hybridized carbons (Fsp3) is 0.619. The maximum Gasteiger partial charge on any atom is 0.127 e. The molecule has 0 radical (unpaired) electrons. The molecule has 1 aromatic carbocycles. The number of benzene rings is 1. The lowest BCUT2D eigenvalue weighted by Gasteiger charge is -2.47. The Morgan fingerprint density at radius 1 is 1.25 bits per heavy atom. The summed E-state index contributed by atoms with van der Waals surface area (Å²) in [5.41, 5.74) is 2.67. The van der Waals surface area contributed by atoms with Gasteiger partial charge in [0.05, 0.1) is 6.10 Å². The fourth-order valence-corrected chi connectivity index (χ4v) is 4.25. The first-order chi connectivity index (χ1) is 11.3. The number of hydrogen-bond acceptors (Lipinski definition) is 3. The minimum atomic E-state index is -0.411. The van der Waals surface area contributed by atoms with Crippen LogP contribution in [0.3, 0.4) is 0 Å². The van der Waals surface area contributed by atoms with Gasteiger partial charge in [0, 0.05) is 17.4 Å². The Labute approximate surface area is 145 Å². The molecule has 3 heteroatoms. The van der Waals surface area contributed by atoms with Crippen molar-refractivity contribution in [2.24, 2.45) is 5.92 Å². The summed E-state index contributed by atoms with van der Waals surface area (Å²) in [4.78, 5) is 0. The average Bonchev–Trinajstić information content (AvgIpc) is 2.49. The summed E-state index contributed by atoms with van der Waals surface area (Å²) in [5.74, 6) is 1.43. The fourth-order valence-electron chi connectivity index (χ4n) is 4.25. The highest BCUT2D eigenvalue weighted by atomic mass is 16.5. The number of fused-ring (bicyclic) bond motifs is 3. The van der Waals surface area contributed by atoms with Gasteiger partial charge >= 0.3 is 0 Å². The highest BCUT2D eigenvalue weighted by Crippen LogP contribution is 2.53. The quantitative estimate of drug-likeness (QED) is 0.621. The molecule has 0 spiro atoms. The second kappa shape index (κ2) is 6.44. The number of rotatable bonds is 4. The molecule has 132 valence electrons. The van der Waals surface area contributed by atoms with E-state index in [-0.39, 0.29) is 17.4 Å². The number of phenols is 1. The number of aryl methyl sites for hydroxylation is 1. The van der Waals surface area contributed by atoms with Crippen molar-refractivity contribution < 1.29 is 14.9 Å². The molecule has 1 aromatic rings. The Bertz CT molecular complexity index is 645. The largest absolute Gasteiger partial charge is 0.507 e. The van der Waals surface area contributed by atoms with E-state index >= 15 is 0 Å². The van der Waals surface area contributed by atoms with Crippen LogP contribution in [0.25, 0.3) is 0 Å². The predicted octanol–water partition coefficient (Wildman–Crippen LogP) is 4.71. The molecule has 3 atom stereocenters. The maximum atomic E-state index is 10.7. The van der Waals surface area contributed by atoms with Gasteiger partial charge < -0.3 is 14.9 Å². The summed E-state index contributed by atoms with van der Waals surface area (Å²) < 4.78 is 6.30. The van der Waals surface area contributed by atoms with Gasteiger partial charge in [0.25, 0.3) is 0 Å². The molecule has 2 N–H and O–H groups in total. The van der Waals surface area contributed by atoms with E-state index in [2.05, 4.69) is 32.9 Å². The van der Waals surface area contributed by atoms with Crippen LogP contribution in [0.4, 0.5) is 0 Å². The van der Waals surface area contributed by atoms with Crippen molar-refractivity contribution in [1.82, 2.24) is 0 Å². The second-order valence-corrected chi connectivity index (χ2v) is 7.98. The average molecular weight is 330 g/mol. The molecule has 0 amide bonds. The summed E-state index contributed by atoms with van der Waals surface area (Å²) in [7, 11) is 0. The zero-order valence-electron chi connectivity index (χ0n) is 15.3. The van der Waals surface area contributed by atoms with E-state index in [0.717, 1.165) is 35.3 Å². The zero-order chi connectivity index (χ0) is 17.5. The van der Waals surface area contributed by atoms with Gasteiger partial charge in [0.2, 0.25) is 0 Å². The first-order valence-electron chi connectivity index (χ1n) is 9.24. The molecule has 3 nitrogen and oxygen atoms in total. The van der Waals surface area contributed by atoms with Crippen molar-refractivity contribution in [1.29, 1.82) is 0 Å². The summed E-state index contributed by atoms with van der Waals surface area (Å²) in [6.07, 6.45) is 6.89. The minimum Gasteiger partial charge on any atom is -0.507 e. The van der Waals surface area contributed by atoms with Gasteiger partial charge in [0.15, 0.2) is 0 Å². The van der Waals surface area contributed by atoms with Crippen molar-refractivity contribution in [3.63, 3.8) is 0 Å². The third-order valence-corrected chi connectivity index (χ3v) is 5.73. The van der Waals surface area contributed by atoms with Crippen LogP contribution in [0.5, 0.6) is 11.5 Å². The van der Waals surface area contributed by atoms with Gasteiger partial charge in [-0.05, 0) is 63.3 Å². The molecule has 0 fully saturated rings. The highest BCUT2D eigenvalue weighted by Gasteiger charge is 2.47. The molecule has 1 heterocycles. The number of ether oxygens (including phenoxy) is 1. The lowest BCUT2D eigenvalue weighted by atomic mass is 9.67. The van der Waals surface area contributed by atoms with Crippen LogP contribution in [0.1, 0.15) is 70.4 Å². The Balaban J connectivity index is 2.00. The standard InChI is InChI=1S/C21H30O3/c1-5-6-7-8-14-10-18(23)20-15-9-13(2)17(22)12-16(15)21(3,4)24-19(20)11-14/h9-11,15-17,22-23H,5-8,12H2,1-4H3/t15-,16-,17-/m0/s1. The van der Waals surface area contributed by atoms with Crippen LogP contribution in [0.2, 0.25) is 0 Å². The number of aliphatic hydroxyl groups excluding tert-OH is 1. The van der Waals surface area contributed by atoms with Crippen LogP contribution >= 0.6 is 0 Å². The zero-order valence-corrected chi connectivity index (χ0v) is 15.3. The van der Waals surface area contributed by atoms with E-state index in [0.29, 0.717) is 12.2 Å². The molecular formula is C21H30O3. The third-order valence-electron chi connectivity index (χ3n) is 5.73. The van der Waals surface area contributed by atoms with Gasteiger partial charge in [-0.3, -0.25) is 0 Å². The smallest absolute Gasteiger partial charge is 0.127 e. The predicted molar refractivity (Wildman–Crippen MR) is 96.7 cm³/mol. The molecule has 24 heavy (non-hydrogen) atoms. The molecule has 0 unspecified atom stereocenters. The molecule has 3 rings (SSSR count). The number of aliphatic hydroxyl groups is 1. The Morgan fingerprint density at radius 3 is 2.71 bits per heavy atom. The topological polar surface area (TPSA) is 49.7 Å². The number of phenolic OH excluding ortho intramolecular Hbond substituents is 1. The Hall–Kier alpha value is -1.48. The number of unbranched alkanes of at least 4 members (excludes halogenated alkanes) is 2. The molecule has 1 aliphatic heterocycles. The molecular weight excluding hydrogens is 300 g/mol. The molecule has 0 saturated heterocycles. The van der Waals surface area contributed by atoms with Crippen LogP contribution in [-0.4, -0.2) is 21.9 Å². The molecule has 2 aliphatic rings. The van der Waals surface area contributed by atoms with Crippen LogP contribution in [0, 0.1) is 5.92 Å². The van der Waals surface area contributed by atoms with Crippen LogP contribution in [-0.2, 0) is 6.42 Å². The summed E-state index contributed by atoms with van der Waals surface area (Å²) in [6, 6.07) is 4.01. The van der Waals surface area contributed by atoms with E-state index in [4.69, 9.17) is 4.74 Å². The van der Waals surface area contributed by atoms with Gasteiger partial charge in [-0.2, -0.15) is 0 Å². The normalized spacial score (nSPS) is 27.7.